The molecular weight excluding hydrogens is 168 g/mol. The number of hydrogen-bond donors (Lipinski definition) is 2. The van der Waals surface area contributed by atoms with E-state index in [9.17, 15) is 10.2 Å². The lowest BCUT2D eigenvalue weighted by molar-refractivity contribution is 0.00221. The molecule has 1 fully saturated rings. The van der Waals surface area contributed by atoms with Crippen LogP contribution in [-0.4, -0.2) is 26.3 Å². The lowest BCUT2D eigenvalue weighted by Gasteiger charge is -2.15. The van der Waals surface area contributed by atoms with Crippen LogP contribution in [0.25, 0.3) is 0 Å². The Bertz CT molecular complexity index is 274. The minimum absolute atomic E-state index is 0.247. The molecule has 70 valence electrons. The first-order valence-corrected chi connectivity index (χ1v) is 4.41. The van der Waals surface area contributed by atoms with Crippen LogP contribution in [0.2, 0.25) is 0 Å². The summed E-state index contributed by atoms with van der Waals surface area (Å²) < 4.78 is 0. The summed E-state index contributed by atoms with van der Waals surface area (Å²) in [6.07, 6.45) is 4.96. The van der Waals surface area contributed by atoms with Crippen LogP contribution < -0.4 is 0 Å². The lowest BCUT2D eigenvalue weighted by atomic mass is 10.1. The highest BCUT2D eigenvalue weighted by Crippen LogP contribution is 2.37. The molecule has 4 nitrogen and oxygen atoms in total. The van der Waals surface area contributed by atoms with Crippen molar-refractivity contribution in [2.24, 2.45) is 5.92 Å². The molecule has 0 radical (unpaired) electrons. The van der Waals surface area contributed by atoms with Gasteiger partial charge in [0.25, 0.3) is 0 Å². The van der Waals surface area contributed by atoms with Crippen LogP contribution in [0.15, 0.2) is 18.6 Å². The lowest BCUT2D eigenvalue weighted by Crippen LogP contribution is -2.21. The predicted octanol–water partition coefficient (Wildman–Crippen LogP) is 0.281. The standard InChI is InChI=1S/C9H12N2O2/c12-8(6-1-2-6)9(13)7-5-10-3-4-11-7/h3-6,8-9,12-13H,1-2H2. The van der Waals surface area contributed by atoms with Crippen LogP contribution in [0.3, 0.4) is 0 Å². The van der Waals surface area contributed by atoms with E-state index in [-0.39, 0.29) is 5.92 Å². The Morgan fingerprint density at radius 1 is 1.31 bits per heavy atom. The molecule has 0 aromatic carbocycles. The van der Waals surface area contributed by atoms with Crippen LogP contribution in [0.1, 0.15) is 24.6 Å². The normalized spacial score (nSPS) is 21.1. The van der Waals surface area contributed by atoms with E-state index in [1.807, 2.05) is 0 Å². The van der Waals surface area contributed by atoms with Gasteiger partial charge in [0.1, 0.15) is 6.10 Å². The van der Waals surface area contributed by atoms with E-state index in [0.29, 0.717) is 5.69 Å². The second-order valence-electron chi connectivity index (χ2n) is 3.40. The Kier molecular flexibility index (Phi) is 2.24. The van der Waals surface area contributed by atoms with E-state index in [2.05, 4.69) is 9.97 Å². The van der Waals surface area contributed by atoms with E-state index in [1.54, 1.807) is 6.20 Å². The highest BCUT2D eigenvalue weighted by molar-refractivity contribution is 5.03. The van der Waals surface area contributed by atoms with Gasteiger partial charge in [0, 0.05) is 12.4 Å². The van der Waals surface area contributed by atoms with Crippen molar-refractivity contribution in [1.29, 1.82) is 0 Å². The molecule has 1 saturated carbocycles. The summed E-state index contributed by atoms with van der Waals surface area (Å²) in [6, 6.07) is 0. The third kappa shape index (κ3) is 1.84. The molecule has 4 heteroatoms. The van der Waals surface area contributed by atoms with Gasteiger partial charge >= 0.3 is 0 Å². The Hall–Kier alpha value is -1.00. The first kappa shape index (κ1) is 8.59. The highest BCUT2D eigenvalue weighted by atomic mass is 16.3. The third-order valence-corrected chi connectivity index (χ3v) is 2.31. The zero-order valence-electron chi connectivity index (χ0n) is 7.17. The molecule has 0 saturated heterocycles. The van der Waals surface area contributed by atoms with Crippen molar-refractivity contribution >= 4 is 0 Å². The molecule has 1 aliphatic rings. The molecule has 1 aromatic rings. The summed E-state index contributed by atoms with van der Waals surface area (Å²) in [5, 5.41) is 19.2. The average Bonchev–Trinajstić information content (AvgIpc) is 3.00. The molecule has 2 unspecified atom stereocenters. The fourth-order valence-electron chi connectivity index (χ4n) is 1.33. The van der Waals surface area contributed by atoms with Crippen molar-refractivity contribution < 1.29 is 10.2 Å². The summed E-state index contributed by atoms with van der Waals surface area (Å²) in [5.74, 6) is 0.247. The van der Waals surface area contributed by atoms with E-state index in [1.165, 1.54) is 12.4 Å². The van der Waals surface area contributed by atoms with Gasteiger partial charge in [-0.15, -0.1) is 0 Å². The maximum atomic E-state index is 9.65. The number of nitrogens with zero attached hydrogens (tertiary/aromatic N) is 2. The second kappa shape index (κ2) is 3.40. The van der Waals surface area contributed by atoms with E-state index >= 15 is 0 Å². The van der Waals surface area contributed by atoms with Crippen LogP contribution in [-0.2, 0) is 0 Å². The fraction of sp³-hybridized carbons (Fsp3) is 0.556. The summed E-state index contributed by atoms with van der Waals surface area (Å²) >= 11 is 0. The Morgan fingerprint density at radius 2 is 2.08 bits per heavy atom. The van der Waals surface area contributed by atoms with Gasteiger partial charge in [-0.3, -0.25) is 9.97 Å². The Morgan fingerprint density at radius 3 is 2.62 bits per heavy atom. The number of hydrogen-bond acceptors (Lipinski definition) is 4. The number of rotatable bonds is 3. The number of aromatic nitrogens is 2. The van der Waals surface area contributed by atoms with Gasteiger partial charge in [-0.2, -0.15) is 0 Å². The summed E-state index contributed by atoms with van der Waals surface area (Å²) in [4.78, 5) is 7.77. The van der Waals surface area contributed by atoms with Crippen molar-refractivity contribution in [2.75, 3.05) is 0 Å². The van der Waals surface area contributed by atoms with Crippen LogP contribution in [0, 0.1) is 5.92 Å². The van der Waals surface area contributed by atoms with Gasteiger partial charge in [-0.05, 0) is 18.8 Å². The minimum Gasteiger partial charge on any atom is -0.390 e. The van der Waals surface area contributed by atoms with Crippen molar-refractivity contribution in [2.45, 2.75) is 25.0 Å². The highest BCUT2D eigenvalue weighted by Gasteiger charge is 2.35. The fourth-order valence-corrected chi connectivity index (χ4v) is 1.33. The van der Waals surface area contributed by atoms with Gasteiger partial charge in [0.05, 0.1) is 18.0 Å². The molecule has 1 aromatic heterocycles. The van der Waals surface area contributed by atoms with Crippen molar-refractivity contribution in [3.05, 3.63) is 24.3 Å². The smallest absolute Gasteiger partial charge is 0.124 e. The molecule has 2 rings (SSSR count). The third-order valence-electron chi connectivity index (χ3n) is 2.31. The van der Waals surface area contributed by atoms with Crippen molar-refractivity contribution in [1.82, 2.24) is 9.97 Å². The zero-order chi connectivity index (χ0) is 9.26. The zero-order valence-corrected chi connectivity index (χ0v) is 7.17. The molecular formula is C9H12N2O2. The number of aliphatic hydroxyl groups excluding tert-OH is 2. The molecule has 0 aliphatic heterocycles. The summed E-state index contributed by atoms with van der Waals surface area (Å²) in [5.41, 5.74) is 0.446. The maximum absolute atomic E-state index is 9.65. The average molecular weight is 180 g/mol. The van der Waals surface area contributed by atoms with Crippen LogP contribution >= 0.6 is 0 Å². The van der Waals surface area contributed by atoms with Crippen LogP contribution in [0.5, 0.6) is 0 Å². The molecule has 2 atom stereocenters. The topological polar surface area (TPSA) is 66.2 Å². The van der Waals surface area contributed by atoms with E-state index in [0.717, 1.165) is 12.8 Å². The molecule has 0 bridgehead atoms. The quantitative estimate of drug-likeness (QED) is 0.701. The Labute approximate surface area is 76.3 Å². The first-order valence-electron chi connectivity index (χ1n) is 4.41. The largest absolute Gasteiger partial charge is 0.390 e. The van der Waals surface area contributed by atoms with Crippen molar-refractivity contribution in [3.63, 3.8) is 0 Å². The summed E-state index contributed by atoms with van der Waals surface area (Å²) in [7, 11) is 0. The van der Waals surface area contributed by atoms with Crippen LogP contribution in [0.4, 0.5) is 0 Å². The van der Waals surface area contributed by atoms with Gasteiger partial charge in [0.15, 0.2) is 0 Å². The maximum Gasteiger partial charge on any atom is 0.124 e. The Balaban J connectivity index is 2.07. The van der Waals surface area contributed by atoms with E-state index in [4.69, 9.17) is 0 Å². The van der Waals surface area contributed by atoms with Gasteiger partial charge in [-0.25, -0.2) is 0 Å². The minimum atomic E-state index is -0.888. The van der Waals surface area contributed by atoms with Gasteiger partial charge in [0.2, 0.25) is 0 Å². The summed E-state index contributed by atoms with van der Waals surface area (Å²) in [6.45, 7) is 0. The van der Waals surface area contributed by atoms with Gasteiger partial charge < -0.3 is 10.2 Å². The molecule has 1 aliphatic carbocycles. The second-order valence-corrected chi connectivity index (χ2v) is 3.40. The number of aliphatic hydroxyl groups is 2. The SMILES string of the molecule is OC(c1cnccn1)C(O)C1CC1. The molecule has 13 heavy (non-hydrogen) atoms. The molecule has 2 N–H and O–H groups in total. The van der Waals surface area contributed by atoms with Crippen molar-refractivity contribution in [3.8, 4) is 0 Å². The monoisotopic (exact) mass is 180 g/mol. The first-order chi connectivity index (χ1) is 6.29. The van der Waals surface area contributed by atoms with Gasteiger partial charge in [-0.1, -0.05) is 0 Å². The molecule has 0 spiro atoms. The van der Waals surface area contributed by atoms with E-state index < -0.39 is 12.2 Å². The predicted molar refractivity (Wildman–Crippen MR) is 45.7 cm³/mol. The molecule has 0 amide bonds. The molecule has 1 heterocycles.